The minimum Gasteiger partial charge on any atom is -0.288 e. The molecule has 0 atom stereocenters. The monoisotopic (exact) mass is 386 g/mol. The molecule has 0 spiro atoms. The standard InChI is InChI=1S/C14H11IOS2/c15-11-3-1-9(2-4-11)14(16)13-7-10-8-17-6-5-12(10)18-13/h1-4,7H,5-6,8H2. The lowest BCUT2D eigenvalue weighted by molar-refractivity contribution is 0.104. The minimum absolute atomic E-state index is 0.163. The first kappa shape index (κ1) is 12.7. The number of carbonyl (C=O) groups excluding carboxylic acids is 1. The van der Waals surface area contributed by atoms with E-state index in [-0.39, 0.29) is 5.78 Å². The third-order valence-corrected chi connectivity index (χ3v) is 5.92. The van der Waals surface area contributed by atoms with Crippen molar-refractivity contribution in [2.45, 2.75) is 12.2 Å². The van der Waals surface area contributed by atoms with E-state index in [1.54, 1.807) is 11.3 Å². The topological polar surface area (TPSA) is 17.1 Å². The van der Waals surface area contributed by atoms with Gasteiger partial charge in [0.15, 0.2) is 0 Å². The molecule has 92 valence electrons. The van der Waals surface area contributed by atoms with Crippen molar-refractivity contribution in [1.29, 1.82) is 0 Å². The van der Waals surface area contributed by atoms with Gasteiger partial charge in [0.05, 0.1) is 4.88 Å². The molecule has 1 aromatic heterocycles. The van der Waals surface area contributed by atoms with Crippen LogP contribution in [0.2, 0.25) is 0 Å². The molecular weight excluding hydrogens is 375 g/mol. The normalized spacial score (nSPS) is 14.3. The van der Waals surface area contributed by atoms with E-state index in [0.29, 0.717) is 0 Å². The molecule has 3 rings (SSSR count). The van der Waals surface area contributed by atoms with E-state index in [0.717, 1.165) is 26.2 Å². The molecule has 0 amide bonds. The Morgan fingerprint density at radius 2 is 2.00 bits per heavy atom. The first-order chi connectivity index (χ1) is 8.74. The van der Waals surface area contributed by atoms with Crippen molar-refractivity contribution in [2.24, 2.45) is 0 Å². The first-order valence-corrected chi connectivity index (χ1v) is 8.78. The fraction of sp³-hybridized carbons (Fsp3) is 0.214. The molecule has 1 aromatic carbocycles. The molecule has 0 aliphatic carbocycles. The molecule has 18 heavy (non-hydrogen) atoms. The summed E-state index contributed by atoms with van der Waals surface area (Å²) in [5.41, 5.74) is 2.16. The van der Waals surface area contributed by atoms with E-state index in [2.05, 4.69) is 28.7 Å². The van der Waals surface area contributed by atoms with Gasteiger partial charge in [-0.3, -0.25) is 4.79 Å². The molecular formula is C14H11IOS2. The number of fused-ring (bicyclic) bond motifs is 1. The number of hydrogen-bond acceptors (Lipinski definition) is 3. The van der Waals surface area contributed by atoms with Crippen LogP contribution in [-0.4, -0.2) is 11.5 Å². The summed E-state index contributed by atoms with van der Waals surface area (Å²) in [4.78, 5) is 14.7. The number of ketones is 1. The van der Waals surface area contributed by atoms with E-state index in [9.17, 15) is 4.79 Å². The zero-order chi connectivity index (χ0) is 12.5. The number of rotatable bonds is 2. The molecule has 1 nitrogen and oxygen atoms in total. The molecule has 4 heteroatoms. The van der Waals surface area contributed by atoms with Crippen LogP contribution in [0, 0.1) is 3.57 Å². The summed E-state index contributed by atoms with van der Waals surface area (Å²) in [6.45, 7) is 0. The van der Waals surface area contributed by atoms with Crippen molar-refractivity contribution in [3.63, 3.8) is 0 Å². The molecule has 0 saturated carbocycles. The van der Waals surface area contributed by atoms with Crippen LogP contribution in [-0.2, 0) is 12.2 Å². The Morgan fingerprint density at radius 3 is 2.72 bits per heavy atom. The maximum atomic E-state index is 12.4. The Bertz CT molecular complexity index is 563. The number of hydrogen-bond donors (Lipinski definition) is 0. The van der Waals surface area contributed by atoms with Gasteiger partial charge < -0.3 is 0 Å². The average Bonchev–Trinajstić information content (AvgIpc) is 2.82. The van der Waals surface area contributed by atoms with Crippen molar-refractivity contribution in [3.8, 4) is 0 Å². The quantitative estimate of drug-likeness (QED) is 0.563. The highest BCUT2D eigenvalue weighted by Gasteiger charge is 2.18. The van der Waals surface area contributed by atoms with Crippen molar-refractivity contribution < 1.29 is 4.79 Å². The molecule has 0 fully saturated rings. The molecule has 1 aliphatic rings. The number of aryl methyl sites for hydroxylation is 1. The van der Waals surface area contributed by atoms with E-state index in [1.807, 2.05) is 36.0 Å². The van der Waals surface area contributed by atoms with E-state index < -0.39 is 0 Å². The lowest BCUT2D eigenvalue weighted by atomic mass is 10.1. The van der Waals surface area contributed by atoms with Gasteiger partial charge in [0, 0.05) is 19.8 Å². The zero-order valence-corrected chi connectivity index (χ0v) is 13.4. The largest absolute Gasteiger partial charge is 0.288 e. The van der Waals surface area contributed by atoms with Gasteiger partial charge in [-0.15, -0.1) is 11.3 Å². The van der Waals surface area contributed by atoms with Gasteiger partial charge in [-0.25, -0.2) is 0 Å². The predicted octanol–water partition coefficient (Wildman–Crippen LogP) is 4.37. The fourth-order valence-corrected chi connectivity index (χ4v) is 4.70. The Hall–Kier alpha value is -0.330. The lowest BCUT2D eigenvalue weighted by Crippen LogP contribution is -1.98. The third-order valence-electron chi connectivity index (χ3n) is 2.96. The number of carbonyl (C=O) groups is 1. The molecule has 1 aliphatic heterocycles. The second kappa shape index (κ2) is 5.35. The van der Waals surface area contributed by atoms with Crippen molar-refractivity contribution in [3.05, 3.63) is 54.8 Å². The molecule has 0 bridgehead atoms. The van der Waals surface area contributed by atoms with Crippen LogP contribution >= 0.6 is 45.7 Å². The predicted molar refractivity (Wildman–Crippen MR) is 86.8 cm³/mol. The van der Waals surface area contributed by atoms with Crippen LogP contribution < -0.4 is 0 Å². The van der Waals surface area contributed by atoms with Crippen molar-refractivity contribution in [2.75, 3.05) is 5.75 Å². The highest BCUT2D eigenvalue weighted by molar-refractivity contribution is 14.1. The van der Waals surface area contributed by atoms with E-state index in [1.165, 1.54) is 16.2 Å². The van der Waals surface area contributed by atoms with Crippen LogP contribution in [0.15, 0.2) is 30.3 Å². The molecule has 0 saturated heterocycles. The number of thioether (sulfide) groups is 1. The SMILES string of the molecule is O=C(c1ccc(I)cc1)c1cc2c(s1)CCSC2. The second-order valence-corrected chi connectivity index (χ2v) is 7.69. The lowest BCUT2D eigenvalue weighted by Gasteiger charge is -2.08. The number of benzene rings is 1. The Morgan fingerprint density at radius 1 is 1.22 bits per heavy atom. The molecule has 0 N–H and O–H groups in total. The Labute approximate surface area is 128 Å². The average molecular weight is 386 g/mol. The smallest absolute Gasteiger partial charge is 0.202 e. The first-order valence-electron chi connectivity index (χ1n) is 5.73. The number of halogens is 1. The summed E-state index contributed by atoms with van der Waals surface area (Å²) in [6, 6.07) is 9.88. The summed E-state index contributed by atoms with van der Waals surface area (Å²) in [5.74, 6) is 2.41. The van der Waals surface area contributed by atoms with Crippen LogP contribution in [0.5, 0.6) is 0 Å². The van der Waals surface area contributed by atoms with Gasteiger partial charge in [0.2, 0.25) is 5.78 Å². The van der Waals surface area contributed by atoms with Gasteiger partial charge in [0.25, 0.3) is 0 Å². The van der Waals surface area contributed by atoms with Gasteiger partial charge in [-0.1, -0.05) is 0 Å². The summed E-state index contributed by atoms with van der Waals surface area (Å²) in [7, 11) is 0. The van der Waals surface area contributed by atoms with Gasteiger partial charge >= 0.3 is 0 Å². The molecule has 2 aromatic rings. The highest BCUT2D eigenvalue weighted by Crippen LogP contribution is 2.32. The van der Waals surface area contributed by atoms with E-state index in [4.69, 9.17) is 0 Å². The summed E-state index contributed by atoms with van der Waals surface area (Å²) in [6.07, 6.45) is 1.12. The fourth-order valence-electron chi connectivity index (χ4n) is 2.00. The second-order valence-electron chi connectivity index (χ2n) is 4.20. The van der Waals surface area contributed by atoms with Gasteiger partial charge in [-0.05, 0) is 70.7 Å². The van der Waals surface area contributed by atoms with Crippen molar-refractivity contribution >= 4 is 51.5 Å². The number of thiophene rings is 1. The summed E-state index contributed by atoms with van der Waals surface area (Å²) >= 11 is 5.89. The van der Waals surface area contributed by atoms with Gasteiger partial charge in [0.1, 0.15) is 0 Å². The Balaban J connectivity index is 1.92. The van der Waals surface area contributed by atoms with Gasteiger partial charge in [-0.2, -0.15) is 11.8 Å². The molecule has 2 heterocycles. The highest BCUT2D eigenvalue weighted by atomic mass is 127. The van der Waals surface area contributed by atoms with Crippen LogP contribution in [0.4, 0.5) is 0 Å². The molecule has 0 radical (unpaired) electrons. The van der Waals surface area contributed by atoms with Crippen molar-refractivity contribution in [1.82, 2.24) is 0 Å². The summed E-state index contributed by atoms with van der Waals surface area (Å²) in [5, 5.41) is 0. The summed E-state index contributed by atoms with van der Waals surface area (Å²) < 4.78 is 1.16. The van der Waals surface area contributed by atoms with Crippen LogP contribution in [0.3, 0.4) is 0 Å². The third kappa shape index (κ3) is 2.51. The maximum absolute atomic E-state index is 12.4. The van der Waals surface area contributed by atoms with Crippen LogP contribution in [0.1, 0.15) is 25.7 Å². The van der Waals surface area contributed by atoms with E-state index >= 15 is 0 Å². The Kier molecular flexibility index (Phi) is 3.77. The zero-order valence-electron chi connectivity index (χ0n) is 9.61. The van der Waals surface area contributed by atoms with Crippen LogP contribution in [0.25, 0.3) is 0 Å². The maximum Gasteiger partial charge on any atom is 0.202 e. The molecule has 0 unspecified atom stereocenters. The minimum atomic E-state index is 0.163.